The highest BCUT2D eigenvalue weighted by Crippen LogP contribution is 2.42. The molecule has 5 nitrogen and oxygen atoms in total. The van der Waals surface area contributed by atoms with Crippen LogP contribution in [0, 0.1) is 0 Å². The highest BCUT2D eigenvalue weighted by molar-refractivity contribution is 5.84. The molecule has 1 N–H and O–H groups in total. The van der Waals surface area contributed by atoms with Crippen molar-refractivity contribution >= 4 is 17.0 Å². The Hall–Kier alpha value is -2.01. The van der Waals surface area contributed by atoms with Gasteiger partial charge in [-0.15, -0.1) is 0 Å². The third-order valence-electron chi connectivity index (χ3n) is 5.77. The molecule has 1 amide bonds. The minimum absolute atomic E-state index is 0.138. The molecule has 2 aromatic rings. The number of rotatable bonds is 4. The van der Waals surface area contributed by atoms with Gasteiger partial charge < -0.3 is 19.5 Å². The summed E-state index contributed by atoms with van der Waals surface area (Å²) in [6.07, 6.45) is 5.27. The molecule has 1 saturated carbocycles. The van der Waals surface area contributed by atoms with E-state index < -0.39 is 0 Å². The number of nitrogens with zero attached hydrogens (tertiary/aromatic N) is 2. The lowest BCUT2D eigenvalue weighted by atomic mass is 9.75. The van der Waals surface area contributed by atoms with Crippen LogP contribution in [-0.4, -0.2) is 60.7 Å². The average Bonchev–Trinajstić information content (AvgIpc) is 3.04. The van der Waals surface area contributed by atoms with Crippen molar-refractivity contribution in [1.82, 2.24) is 14.8 Å². The zero-order valence-corrected chi connectivity index (χ0v) is 14.6. The number of carbonyl (C=O) groups is 1. The summed E-state index contributed by atoms with van der Waals surface area (Å²) >= 11 is 0. The van der Waals surface area contributed by atoms with E-state index in [1.165, 1.54) is 34.9 Å². The van der Waals surface area contributed by atoms with Gasteiger partial charge in [0.05, 0.1) is 6.04 Å². The molecule has 4 rings (SSSR count). The predicted octanol–water partition coefficient (Wildman–Crippen LogP) is 2.97. The van der Waals surface area contributed by atoms with E-state index in [4.69, 9.17) is 4.74 Å². The minimum atomic E-state index is -0.215. The Morgan fingerprint density at radius 3 is 2.79 bits per heavy atom. The molecule has 2 aliphatic rings. The van der Waals surface area contributed by atoms with Crippen LogP contribution >= 0.6 is 0 Å². The van der Waals surface area contributed by atoms with Crippen molar-refractivity contribution in [3.05, 3.63) is 35.5 Å². The van der Waals surface area contributed by atoms with Gasteiger partial charge in [-0.25, -0.2) is 4.79 Å². The molecule has 2 heterocycles. The molecule has 5 heteroatoms. The second-order valence-corrected chi connectivity index (χ2v) is 7.46. The first-order valence-corrected chi connectivity index (χ1v) is 8.69. The van der Waals surface area contributed by atoms with Gasteiger partial charge in [0.1, 0.15) is 6.61 Å². The standard InChI is InChI=1S/C19H25N3O2/c1-21(2)14-8-13(9-14)17-10-20-18-5-4-12(7-16(17)18)6-15-11-24-19(23)22(15)3/h4-5,7,10,13-15,20H,6,8-9,11H2,1-3H3/t13-,14-,15-/m1/s1. The maximum Gasteiger partial charge on any atom is 0.409 e. The van der Waals surface area contributed by atoms with Gasteiger partial charge >= 0.3 is 6.09 Å². The fraction of sp³-hybridized carbons (Fsp3) is 0.526. The molecule has 0 radical (unpaired) electrons. The smallest absolute Gasteiger partial charge is 0.409 e. The number of hydrogen-bond acceptors (Lipinski definition) is 3. The summed E-state index contributed by atoms with van der Waals surface area (Å²) in [5.41, 5.74) is 3.91. The van der Waals surface area contributed by atoms with E-state index in [1.54, 1.807) is 4.90 Å². The second kappa shape index (κ2) is 5.81. The summed E-state index contributed by atoms with van der Waals surface area (Å²) in [4.78, 5) is 19.0. The van der Waals surface area contributed by atoms with Crippen molar-refractivity contribution in [3.8, 4) is 0 Å². The Bertz CT molecular complexity index is 761. The highest BCUT2D eigenvalue weighted by Gasteiger charge is 2.33. The van der Waals surface area contributed by atoms with Crippen LogP contribution in [0.2, 0.25) is 0 Å². The summed E-state index contributed by atoms with van der Waals surface area (Å²) in [5, 5.41) is 1.34. The molecule has 24 heavy (non-hydrogen) atoms. The number of nitrogens with one attached hydrogen (secondary N) is 1. The van der Waals surface area contributed by atoms with Crippen LogP contribution in [0.25, 0.3) is 10.9 Å². The molecular weight excluding hydrogens is 302 g/mol. The van der Waals surface area contributed by atoms with E-state index in [1.807, 2.05) is 7.05 Å². The molecule has 1 aliphatic heterocycles. The first-order chi connectivity index (χ1) is 11.5. The van der Waals surface area contributed by atoms with Crippen molar-refractivity contribution in [2.24, 2.45) is 0 Å². The number of carbonyl (C=O) groups excluding carboxylic acids is 1. The van der Waals surface area contributed by atoms with E-state index in [9.17, 15) is 4.79 Å². The summed E-state index contributed by atoms with van der Waals surface area (Å²) in [5.74, 6) is 0.653. The van der Waals surface area contributed by atoms with Gasteiger partial charge in [-0.3, -0.25) is 0 Å². The van der Waals surface area contributed by atoms with Crippen LogP contribution in [-0.2, 0) is 11.2 Å². The topological polar surface area (TPSA) is 48.6 Å². The number of hydrogen-bond donors (Lipinski definition) is 1. The molecule has 128 valence electrons. The van der Waals surface area contributed by atoms with E-state index >= 15 is 0 Å². The lowest BCUT2D eigenvalue weighted by Crippen LogP contribution is -2.39. The Morgan fingerprint density at radius 1 is 1.33 bits per heavy atom. The Morgan fingerprint density at radius 2 is 2.12 bits per heavy atom. The third kappa shape index (κ3) is 2.57. The van der Waals surface area contributed by atoms with Crippen molar-refractivity contribution < 1.29 is 9.53 Å². The average molecular weight is 327 g/mol. The zero-order valence-electron chi connectivity index (χ0n) is 14.6. The molecule has 1 atom stereocenters. The van der Waals surface area contributed by atoms with Crippen molar-refractivity contribution in [2.45, 2.75) is 37.3 Å². The van der Waals surface area contributed by atoms with Gasteiger partial charge in [-0.1, -0.05) is 6.07 Å². The first-order valence-electron chi connectivity index (χ1n) is 8.69. The molecule has 0 spiro atoms. The van der Waals surface area contributed by atoms with Crippen molar-refractivity contribution in [1.29, 1.82) is 0 Å². The van der Waals surface area contributed by atoms with Crippen LogP contribution in [0.3, 0.4) is 0 Å². The Balaban J connectivity index is 1.54. The molecule has 1 aromatic heterocycles. The van der Waals surface area contributed by atoms with Crippen LogP contribution in [0.5, 0.6) is 0 Å². The van der Waals surface area contributed by atoms with E-state index in [2.05, 4.69) is 48.4 Å². The summed E-state index contributed by atoms with van der Waals surface area (Å²) in [7, 11) is 6.14. The van der Waals surface area contributed by atoms with E-state index in [0.29, 0.717) is 18.6 Å². The van der Waals surface area contributed by atoms with Gasteiger partial charge in [-0.2, -0.15) is 0 Å². The Labute approximate surface area is 142 Å². The van der Waals surface area contributed by atoms with Gasteiger partial charge in [0.15, 0.2) is 0 Å². The van der Waals surface area contributed by atoms with Gasteiger partial charge in [-0.05, 0) is 62.5 Å². The monoisotopic (exact) mass is 327 g/mol. The summed E-state index contributed by atoms with van der Waals surface area (Å²) in [6.45, 7) is 0.487. The molecule has 2 fully saturated rings. The number of amides is 1. The number of fused-ring (bicyclic) bond motifs is 1. The number of ether oxygens (including phenoxy) is 1. The molecule has 1 aromatic carbocycles. The molecule has 1 saturated heterocycles. The number of benzene rings is 1. The van der Waals surface area contributed by atoms with Crippen molar-refractivity contribution in [3.63, 3.8) is 0 Å². The summed E-state index contributed by atoms with van der Waals surface area (Å²) < 4.78 is 5.12. The van der Waals surface area contributed by atoms with Crippen LogP contribution in [0.1, 0.15) is 29.9 Å². The number of H-pyrrole nitrogens is 1. The Kier molecular flexibility index (Phi) is 3.76. The maximum absolute atomic E-state index is 11.5. The van der Waals surface area contributed by atoms with Gasteiger partial charge in [0.25, 0.3) is 0 Å². The number of likely N-dealkylation sites (N-methyl/N-ethyl adjacent to an activating group) is 1. The number of aromatic amines is 1. The van der Waals surface area contributed by atoms with Crippen LogP contribution in [0.4, 0.5) is 4.79 Å². The fourth-order valence-electron chi connectivity index (χ4n) is 3.92. The number of aromatic nitrogens is 1. The van der Waals surface area contributed by atoms with Crippen molar-refractivity contribution in [2.75, 3.05) is 27.7 Å². The molecule has 0 bridgehead atoms. The SMILES string of the molecule is CN1C(=O)OC[C@H]1Cc1ccc2[nH]cc([C@H]3C[C@H](N(C)C)C3)c2c1. The van der Waals surface area contributed by atoms with Gasteiger partial charge in [0, 0.05) is 30.2 Å². The maximum atomic E-state index is 11.5. The quantitative estimate of drug-likeness (QED) is 0.939. The van der Waals surface area contributed by atoms with E-state index in [0.717, 1.165) is 6.42 Å². The summed E-state index contributed by atoms with van der Waals surface area (Å²) in [6, 6.07) is 7.45. The minimum Gasteiger partial charge on any atom is -0.447 e. The number of cyclic esters (lactones) is 1. The fourth-order valence-corrected chi connectivity index (χ4v) is 3.92. The second-order valence-electron chi connectivity index (χ2n) is 7.46. The zero-order chi connectivity index (χ0) is 16.8. The molecule has 0 unspecified atom stereocenters. The van der Waals surface area contributed by atoms with E-state index in [-0.39, 0.29) is 12.1 Å². The highest BCUT2D eigenvalue weighted by atomic mass is 16.6. The lowest BCUT2D eigenvalue weighted by molar-refractivity contribution is 0.163. The normalized spacial score (nSPS) is 26.9. The predicted molar refractivity (Wildman–Crippen MR) is 94.4 cm³/mol. The molecular formula is C19H25N3O2. The lowest BCUT2D eigenvalue weighted by Gasteiger charge is -2.39. The van der Waals surface area contributed by atoms with Crippen LogP contribution < -0.4 is 0 Å². The largest absolute Gasteiger partial charge is 0.447 e. The van der Waals surface area contributed by atoms with Crippen LogP contribution in [0.15, 0.2) is 24.4 Å². The molecule has 1 aliphatic carbocycles. The first kappa shape index (κ1) is 15.5. The van der Waals surface area contributed by atoms with Gasteiger partial charge in [0.2, 0.25) is 0 Å². The third-order valence-corrected chi connectivity index (χ3v) is 5.77.